The highest BCUT2D eigenvalue weighted by atomic mass is 16.5. The van der Waals surface area contributed by atoms with E-state index >= 15 is 0 Å². The Kier molecular flexibility index (Phi) is 2.79. The number of carboxylic acid groups (broad SMARTS) is 1. The van der Waals surface area contributed by atoms with Crippen molar-refractivity contribution in [1.82, 2.24) is 4.98 Å². The van der Waals surface area contributed by atoms with Gasteiger partial charge in [0, 0.05) is 16.6 Å². The molecule has 1 aromatic heterocycles. The van der Waals surface area contributed by atoms with Crippen molar-refractivity contribution in [3.8, 4) is 5.75 Å². The van der Waals surface area contributed by atoms with Gasteiger partial charge in [0.2, 0.25) is 0 Å². The highest BCUT2D eigenvalue weighted by Crippen LogP contribution is 2.26. The lowest BCUT2D eigenvalue weighted by molar-refractivity contribution is 0.0698. The lowest BCUT2D eigenvalue weighted by atomic mass is 10.1. The van der Waals surface area contributed by atoms with Crippen molar-refractivity contribution in [2.24, 2.45) is 0 Å². The minimum Gasteiger partial charge on any atom is -0.491 e. The fourth-order valence-corrected chi connectivity index (χ4v) is 1.93. The molecule has 0 radical (unpaired) electrons. The van der Waals surface area contributed by atoms with Crippen molar-refractivity contribution in [2.75, 3.05) is 0 Å². The molecule has 0 spiro atoms. The van der Waals surface area contributed by atoms with Crippen molar-refractivity contribution < 1.29 is 14.6 Å². The van der Waals surface area contributed by atoms with Crippen molar-refractivity contribution in [3.05, 3.63) is 29.5 Å². The number of nitrogens with one attached hydrogen (secondary N) is 1. The van der Waals surface area contributed by atoms with Crippen molar-refractivity contribution in [1.29, 1.82) is 0 Å². The van der Waals surface area contributed by atoms with E-state index in [0.29, 0.717) is 22.4 Å². The number of hydrogen-bond acceptors (Lipinski definition) is 2. The first-order valence-electron chi connectivity index (χ1n) is 5.51. The predicted molar refractivity (Wildman–Crippen MR) is 65.8 cm³/mol. The Morgan fingerprint density at radius 1 is 1.41 bits per heavy atom. The van der Waals surface area contributed by atoms with Gasteiger partial charge in [-0.3, -0.25) is 0 Å². The Labute approximate surface area is 99.2 Å². The summed E-state index contributed by atoms with van der Waals surface area (Å²) >= 11 is 0. The minimum absolute atomic E-state index is 0.0702. The van der Waals surface area contributed by atoms with E-state index in [-0.39, 0.29) is 6.10 Å². The van der Waals surface area contributed by atoms with Crippen LogP contribution < -0.4 is 4.74 Å². The zero-order chi connectivity index (χ0) is 12.6. The summed E-state index contributed by atoms with van der Waals surface area (Å²) in [7, 11) is 0. The van der Waals surface area contributed by atoms with Crippen LogP contribution >= 0.6 is 0 Å². The van der Waals surface area contributed by atoms with Crippen molar-refractivity contribution in [3.63, 3.8) is 0 Å². The average Bonchev–Trinajstić information content (AvgIpc) is 2.52. The van der Waals surface area contributed by atoms with Gasteiger partial charge in [-0.2, -0.15) is 0 Å². The van der Waals surface area contributed by atoms with E-state index in [2.05, 4.69) is 4.98 Å². The summed E-state index contributed by atoms with van der Waals surface area (Å²) in [5.74, 6) is -0.232. The summed E-state index contributed by atoms with van der Waals surface area (Å²) in [4.78, 5) is 14.2. The number of fused-ring (bicyclic) bond motifs is 1. The molecule has 2 rings (SSSR count). The first-order valence-corrected chi connectivity index (χ1v) is 5.51. The average molecular weight is 233 g/mol. The number of aromatic amines is 1. The second-order valence-corrected chi connectivity index (χ2v) is 4.30. The molecule has 2 aromatic rings. The van der Waals surface area contributed by atoms with Gasteiger partial charge in [0.1, 0.15) is 5.75 Å². The number of carboxylic acids is 1. The highest BCUT2D eigenvalue weighted by molar-refractivity contribution is 6.05. The van der Waals surface area contributed by atoms with Gasteiger partial charge in [-0.15, -0.1) is 0 Å². The van der Waals surface area contributed by atoms with Gasteiger partial charge >= 0.3 is 5.97 Å². The normalized spacial score (nSPS) is 11.1. The number of carbonyl (C=O) groups is 1. The van der Waals surface area contributed by atoms with Gasteiger partial charge in [-0.05, 0) is 39.0 Å². The second kappa shape index (κ2) is 4.13. The van der Waals surface area contributed by atoms with Crippen LogP contribution in [0, 0.1) is 6.92 Å². The molecule has 90 valence electrons. The van der Waals surface area contributed by atoms with Gasteiger partial charge < -0.3 is 14.8 Å². The molecule has 0 aliphatic heterocycles. The number of aromatic carboxylic acids is 1. The summed E-state index contributed by atoms with van der Waals surface area (Å²) in [6.45, 7) is 5.63. The number of aryl methyl sites for hydroxylation is 1. The minimum atomic E-state index is -0.921. The Morgan fingerprint density at radius 3 is 2.71 bits per heavy atom. The highest BCUT2D eigenvalue weighted by Gasteiger charge is 2.15. The Hall–Kier alpha value is -1.97. The molecule has 0 fully saturated rings. The van der Waals surface area contributed by atoms with Crippen LogP contribution in [0.15, 0.2) is 18.2 Å². The third kappa shape index (κ3) is 2.11. The van der Waals surface area contributed by atoms with Gasteiger partial charge in [0.15, 0.2) is 0 Å². The van der Waals surface area contributed by atoms with Gasteiger partial charge in [0.05, 0.1) is 11.7 Å². The summed E-state index contributed by atoms with van der Waals surface area (Å²) in [6, 6.07) is 5.44. The van der Waals surface area contributed by atoms with Crippen LogP contribution in [0.4, 0.5) is 0 Å². The third-order valence-corrected chi connectivity index (χ3v) is 2.54. The largest absolute Gasteiger partial charge is 0.491 e. The van der Waals surface area contributed by atoms with Gasteiger partial charge in [-0.1, -0.05) is 0 Å². The van der Waals surface area contributed by atoms with Crippen LogP contribution in [0.25, 0.3) is 10.9 Å². The third-order valence-electron chi connectivity index (χ3n) is 2.54. The quantitative estimate of drug-likeness (QED) is 0.856. The molecule has 4 nitrogen and oxygen atoms in total. The molecular weight excluding hydrogens is 218 g/mol. The molecule has 0 aliphatic rings. The lowest BCUT2D eigenvalue weighted by Crippen LogP contribution is -2.05. The summed E-state index contributed by atoms with van der Waals surface area (Å²) in [6.07, 6.45) is 0.0702. The summed E-state index contributed by atoms with van der Waals surface area (Å²) in [5.41, 5.74) is 1.79. The number of rotatable bonds is 3. The first-order chi connectivity index (χ1) is 7.99. The Balaban J connectivity index is 2.58. The Bertz CT molecular complexity index is 569. The van der Waals surface area contributed by atoms with E-state index in [0.717, 1.165) is 5.52 Å². The lowest BCUT2D eigenvalue weighted by Gasteiger charge is -2.09. The molecule has 0 bridgehead atoms. The maximum atomic E-state index is 11.2. The molecule has 1 aromatic carbocycles. The predicted octanol–water partition coefficient (Wildman–Crippen LogP) is 2.96. The van der Waals surface area contributed by atoms with E-state index in [1.54, 1.807) is 13.0 Å². The molecule has 0 saturated heterocycles. The number of aromatic nitrogens is 1. The molecular formula is C13H15NO3. The van der Waals surface area contributed by atoms with Gasteiger partial charge in [0.25, 0.3) is 0 Å². The monoisotopic (exact) mass is 233 g/mol. The van der Waals surface area contributed by atoms with E-state index < -0.39 is 5.97 Å². The van der Waals surface area contributed by atoms with Crippen molar-refractivity contribution in [2.45, 2.75) is 26.9 Å². The van der Waals surface area contributed by atoms with E-state index in [1.165, 1.54) is 0 Å². The van der Waals surface area contributed by atoms with Crippen LogP contribution in [0.5, 0.6) is 5.75 Å². The zero-order valence-corrected chi connectivity index (χ0v) is 10.1. The van der Waals surface area contributed by atoms with Crippen LogP contribution in [0.2, 0.25) is 0 Å². The maximum Gasteiger partial charge on any atom is 0.338 e. The number of H-pyrrole nitrogens is 1. The fourth-order valence-electron chi connectivity index (χ4n) is 1.93. The fraction of sp³-hybridized carbons (Fsp3) is 0.308. The molecule has 2 N–H and O–H groups in total. The SMILES string of the molecule is Cc1[nH]c2ccc(OC(C)C)cc2c1C(=O)O. The maximum absolute atomic E-state index is 11.2. The number of benzene rings is 1. The van der Waals surface area contributed by atoms with Crippen LogP contribution in [0.1, 0.15) is 29.9 Å². The van der Waals surface area contributed by atoms with E-state index in [9.17, 15) is 4.79 Å². The zero-order valence-electron chi connectivity index (χ0n) is 10.1. The molecule has 1 heterocycles. The van der Waals surface area contributed by atoms with Crippen LogP contribution in [-0.2, 0) is 0 Å². The van der Waals surface area contributed by atoms with E-state index in [4.69, 9.17) is 9.84 Å². The Morgan fingerprint density at radius 2 is 2.12 bits per heavy atom. The number of hydrogen-bond donors (Lipinski definition) is 2. The topological polar surface area (TPSA) is 62.3 Å². The van der Waals surface area contributed by atoms with Crippen LogP contribution in [0.3, 0.4) is 0 Å². The molecule has 4 heteroatoms. The second-order valence-electron chi connectivity index (χ2n) is 4.30. The molecule has 0 amide bonds. The molecule has 0 aliphatic carbocycles. The first kappa shape index (κ1) is 11.5. The molecule has 17 heavy (non-hydrogen) atoms. The molecule has 0 atom stereocenters. The van der Waals surface area contributed by atoms with E-state index in [1.807, 2.05) is 26.0 Å². The van der Waals surface area contributed by atoms with Gasteiger partial charge in [-0.25, -0.2) is 4.79 Å². The smallest absolute Gasteiger partial charge is 0.338 e. The van der Waals surface area contributed by atoms with Crippen LogP contribution in [-0.4, -0.2) is 22.2 Å². The summed E-state index contributed by atoms with van der Waals surface area (Å²) < 4.78 is 5.56. The number of ether oxygens (including phenoxy) is 1. The molecule has 0 unspecified atom stereocenters. The standard InChI is InChI=1S/C13H15NO3/c1-7(2)17-9-4-5-11-10(6-9)12(13(15)16)8(3)14-11/h4-7,14H,1-3H3,(H,15,16). The summed E-state index contributed by atoms with van der Waals surface area (Å²) in [5, 5.41) is 9.85. The molecule has 0 saturated carbocycles. The van der Waals surface area contributed by atoms with Crippen molar-refractivity contribution >= 4 is 16.9 Å².